The Morgan fingerprint density at radius 3 is 2.86 bits per heavy atom. The van der Waals surface area contributed by atoms with Crippen LogP contribution in [0.3, 0.4) is 0 Å². The summed E-state index contributed by atoms with van der Waals surface area (Å²) in [5.74, 6) is 0.855. The molecule has 0 N–H and O–H groups in total. The highest BCUT2D eigenvalue weighted by molar-refractivity contribution is 9.10. The molecule has 0 spiro atoms. The summed E-state index contributed by atoms with van der Waals surface area (Å²) >= 11 is 16.2. The molecular weight excluding hydrogens is 375 g/mol. The number of halogens is 3. The van der Waals surface area contributed by atoms with Crippen molar-refractivity contribution in [3.05, 3.63) is 45.9 Å². The van der Waals surface area contributed by atoms with E-state index in [1.54, 1.807) is 6.33 Å². The van der Waals surface area contributed by atoms with Crippen LogP contribution in [0.5, 0.6) is 5.75 Å². The maximum absolute atomic E-state index is 6.79. The number of ether oxygens (including phenoxy) is 1. The molecule has 1 atom stereocenters. The Balaban J connectivity index is 1.71. The van der Waals surface area contributed by atoms with Crippen LogP contribution in [-0.2, 0) is 13.0 Å². The van der Waals surface area contributed by atoms with Crippen molar-refractivity contribution in [3.63, 3.8) is 0 Å². The van der Waals surface area contributed by atoms with E-state index in [4.69, 9.17) is 27.9 Å². The summed E-state index contributed by atoms with van der Waals surface area (Å²) in [6.45, 7) is 0.682. The molecular formula is C15H13BrCl2N2O. The van der Waals surface area contributed by atoms with E-state index in [2.05, 4.69) is 20.9 Å². The van der Waals surface area contributed by atoms with Crippen LogP contribution in [-0.4, -0.2) is 20.0 Å². The predicted octanol–water partition coefficient (Wildman–Crippen LogP) is 4.44. The lowest BCUT2D eigenvalue weighted by Crippen LogP contribution is -2.49. The van der Waals surface area contributed by atoms with Crippen LogP contribution in [0.15, 0.2) is 35.3 Å². The van der Waals surface area contributed by atoms with Gasteiger partial charge in [-0.15, -0.1) is 11.6 Å². The summed E-state index contributed by atoms with van der Waals surface area (Å²) in [5.41, 5.74) is 0.743. The molecule has 0 saturated heterocycles. The molecule has 0 bridgehead atoms. The van der Waals surface area contributed by atoms with Gasteiger partial charge in [-0.1, -0.05) is 17.7 Å². The second kappa shape index (κ2) is 4.64. The third kappa shape index (κ3) is 2.28. The monoisotopic (exact) mass is 386 g/mol. The van der Waals surface area contributed by atoms with E-state index in [0.717, 1.165) is 29.6 Å². The van der Waals surface area contributed by atoms with Crippen molar-refractivity contribution in [1.29, 1.82) is 0 Å². The van der Waals surface area contributed by atoms with Crippen molar-refractivity contribution in [2.24, 2.45) is 0 Å². The van der Waals surface area contributed by atoms with Gasteiger partial charge in [-0.3, -0.25) is 0 Å². The number of nitrogens with zero attached hydrogens (tertiary/aromatic N) is 2. The van der Waals surface area contributed by atoms with Crippen LogP contribution in [0.1, 0.15) is 18.4 Å². The molecule has 4 rings (SSSR count). The second-order valence-corrected chi connectivity index (χ2v) is 7.83. The average molecular weight is 388 g/mol. The van der Waals surface area contributed by atoms with Crippen LogP contribution < -0.4 is 4.74 Å². The molecule has 2 aliphatic rings. The zero-order valence-corrected chi connectivity index (χ0v) is 14.2. The SMILES string of the molecule is Clc1ccc2c(c1)OC(Cn1cnc(Br)c1)(C1(Cl)CC1)C2. The smallest absolute Gasteiger partial charge is 0.150 e. The van der Waals surface area contributed by atoms with Crippen LogP contribution >= 0.6 is 39.1 Å². The van der Waals surface area contributed by atoms with Gasteiger partial charge >= 0.3 is 0 Å². The minimum absolute atomic E-state index is 0.296. The number of hydrogen-bond donors (Lipinski definition) is 0. The molecule has 0 radical (unpaired) electrons. The summed E-state index contributed by atoms with van der Waals surface area (Å²) in [4.78, 5) is 3.92. The van der Waals surface area contributed by atoms with Gasteiger partial charge in [0.15, 0.2) is 0 Å². The molecule has 2 heterocycles. The van der Waals surface area contributed by atoms with Gasteiger partial charge in [0, 0.05) is 17.6 Å². The Morgan fingerprint density at radius 2 is 2.19 bits per heavy atom. The van der Waals surface area contributed by atoms with Crippen LogP contribution in [0.4, 0.5) is 0 Å². The fraction of sp³-hybridized carbons (Fsp3) is 0.400. The zero-order valence-electron chi connectivity index (χ0n) is 11.2. The van der Waals surface area contributed by atoms with Crippen LogP contribution in [0, 0.1) is 0 Å². The summed E-state index contributed by atoms with van der Waals surface area (Å²) in [6.07, 6.45) is 6.51. The van der Waals surface area contributed by atoms with E-state index in [1.807, 2.05) is 29.0 Å². The first-order valence-corrected chi connectivity index (χ1v) is 8.38. The molecule has 110 valence electrons. The van der Waals surface area contributed by atoms with Gasteiger partial charge in [-0.25, -0.2) is 4.98 Å². The second-order valence-electron chi connectivity index (χ2n) is 5.86. The lowest BCUT2D eigenvalue weighted by atomic mass is 9.91. The molecule has 3 nitrogen and oxygen atoms in total. The first-order valence-electron chi connectivity index (χ1n) is 6.83. The molecule has 1 saturated carbocycles. The van der Waals surface area contributed by atoms with E-state index in [-0.39, 0.29) is 4.87 Å². The highest BCUT2D eigenvalue weighted by atomic mass is 79.9. The molecule has 1 aliphatic heterocycles. The highest BCUT2D eigenvalue weighted by Gasteiger charge is 2.62. The number of benzene rings is 1. The van der Waals surface area contributed by atoms with Crippen molar-refractivity contribution >= 4 is 39.1 Å². The van der Waals surface area contributed by atoms with Crippen molar-refractivity contribution < 1.29 is 4.74 Å². The quantitative estimate of drug-likeness (QED) is 0.727. The first-order chi connectivity index (χ1) is 10.00. The molecule has 0 amide bonds. The highest BCUT2D eigenvalue weighted by Crippen LogP contribution is 2.57. The summed E-state index contributed by atoms with van der Waals surface area (Å²) in [7, 11) is 0. The van der Waals surface area contributed by atoms with Crippen molar-refractivity contribution in [2.75, 3.05) is 0 Å². The number of hydrogen-bond acceptors (Lipinski definition) is 2. The van der Waals surface area contributed by atoms with Gasteiger partial charge in [0.25, 0.3) is 0 Å². The number of rotatable bonds is 3. The van der Waals surface area contributed by atoms with Crippen molar-refractivity contribution in [2.45, 2.75) is 36.3 Å². The third-order valence-corrected chi connectivity index (χ3v) is 5.72. The average Bonchev–Trinajstić information content (AvgIpc) is 2.91. The Kier molecular flexibility index (Phi) is 3.08. The molecule has 1 fully saturated rings. The Labute approximate surface area is 141 Å². The van der Waals surface area contributed by atoms with Gasteiger partial charge in [-0.2, -0.15) is 0 Å². The molecule has 1 unspecified atom stereocenters. The zero-order chi connectivity index (χ0) is 14.7. The maximum atomic E-state index is 6.79. The van der Waals surface area contributed by atoms with Gasteiger partial charge in [-0.05, 0) is 46.5 Å². The van der Waals surface area contributed by atoms with E-state index in [0.29, 0.717) is 11.6 Å². The van der Waals surface area contributed by atoms with Crippen molar-refractivity contribution in [3.8, 4) is 5.75 Å². The number of alkyl halides is 1. The summed E-state index contributed by atoms with van der Waals surface area (Å²) in [6, 6.07) is 5.82. The third-order valence-electron chi connectivity index (χ3n) is 4.36. The van der Waals surface area contributed by atoms with E-state index >= 15 is 0 Å². The Bertz CT molecular complexity index is 709. The molecule has 2 aromatic rings. The normalized spacial score (nSPS) is 25.5. The molecule has 6 heteroatoms. The first kappa shape index (κ1) is 13.9. The van der Waals surface area contributed by atoms with Crippen molar-refractivity contribution in [1.82, 2.24) is 9.55 Å². The lowest BCUT2D eigenvalue weighted by Gasteiger charge is -2.34. The van der Waals surface area contributed by atoms with E-state index < -0.39 is 5.60 Å². The fourth-order valence-corrected chi connectivity index (χ4v) is 3.86. The van der Waals surface area contributed by atoms with E-state index in [1.165, 1.54) is 5.56 Å². The van der Waals surface area contributed by atoms with E-state index in [9.17, 15) is 0 Å². The largest absolute Gasteiger partial charge is 0.483 e. The summed E-state index contributed by atoms with van der Waals surface area (Å²) < 4.78 is 9.18. The Hall–Kier alpha value is -0.710. The van der Waals surface area contributed by atoms with Gasteiger partial charge in [0.1, 0.15) is 16.0 Å². The topological polar surface area (TPSA) is 27.1 Å². The standard InChI is InChI=1S/C15H13BrCl2N2O/c16-13-7-20(9-19-13)8-15(14(18)3-4-14)6-10-1-2-11(17)5-12(10)21-15/h1-2,5,7,9H,3-4,6,8H2. The minimum Gasteiger partial charge on any atom is -0.483 e. The van der Waals surface area contributed by atoms with Gasteiger partial charge < -0.3 is 9.30 Å². The van der Waals surface area contributed by atoms with Crippen LogP contribution in [0.2, 0.25) is 5.02 Å². The molecule has 1 aromatic carbocycles. The minimum atomic E-state index is -0.429. The molecule has 21 heavy (non-hydrogen) atoms. The summed E-state index contributed by atoms with van der Waals surface area (Å²) in [5, 5.41) is 0.689. The van der Waals surface area contributed by atoms with Gasteiger partial charge in [0.05, 0.1) is 17.7 Å². The molecule has 1 aromatic heterocycles. The molecule has 1 aliphatic carbocycles. The number of imidazole rings is 1. The Morgan fingerprint density at radius 1 is 1.38 bits per heavy atom. The predicted molar refractivity (Wildman–Crippen MR) is 86.3 cm³/mol. The lowest BCUT2D eigenvalue weighted by molar-refractivity contribution is 0.0613. The maximum Gasteiger partial charge on any atom is 0.150 e. The van der Waals surface area contributed by atoms with Gasteiger partial charge in [0.2, 0.25) is 0 Å². The van der Waals surface area contributed by atoms with Crippen LogP contribution in [0.25, 0.3) is 0 Å². The number of fused-ring (bicyclic) bond motifs is 1. The number of aromatic nitrogens is 2. The fourth-order valence-electron chi connectivity index (χ4n) is 3.08.